The van der Waals surface area contributed by atoms with Gasteiger partial charge in [0, 0.05) is 13.0 Å². The maximum Gasteiger partial charge on any atom is 0.118 e. The lowest BCUT2D eigenvalue weighted by Crippen LogP contribution is -2.16. The Hall–Kier alpha value is -0.800. The van der Waals surface area contributed by atoms with E-state index >= 15 is 0 Å². The van der Waals surface area contributed by atoms with E-state index < -0.39 is 0 Å². The topological polar surface area (TPSA) is 51.2 Å². The van der Waals surface area contributed by atoms with Gasteiger partial charge < -0.3 is 15.5 Å². The molecular weight excluding hydrogens is 152 g/mol. The van der Waals surface area contributed by atoms with Crippen molar-refractivity contribution >= 4 is 0 Å². The highest BCUT2D eigenvalue weighted by Crippen LogP contribution is 2.17. The number of furan rings is 1. The van der Waals surface area contributed by atoms with Crippen molar-refractivity contribution in [2.45, 2.75) is 19.4 Å². The average molecular weight is 166 g/mol. The molecule has 1 aromatic rings. The lowest BCUT2D eigenvalue weighted by molar-refractivity contribution is 0.464. The van der Waals surface area contributed by atoms with Gasteiger partial charge in [0.15, 0.2) is 0 Å². The maximum atomic E-state index is 5.57. The largest absolute Gasteiger partial charge is 0.464 e. The smallest absolute Gasteiger partial charge is 0.118 e. The van der Waals surface area contributed by atoms with Gasteiger partial charge in [-0.15, -0.1) is 0 Å². The summed E-state index contributed by atoms with van der Waals surface area (Å²) in [6.45, 7) is 2.58. The van der Waals surface area contributed by atoms with Crippen LogP contribution in [-0.4, -0.2) is 13.1 Å². The fraction of sp³-hybridized carbons (Fsp3) is 0.556. The summed E-state index contributed by atoms with van der Waals surface area (Å²) in [5.74, 6) is 2.04. The lowest BCUT2D eigenvalue weighted by atomic mass is 10.1. The second-order valence-corrected chi connectivity index (χ2v) is 3.12. The highest BCUT2D eigenvalue weighted by molar-refractivity contribution is 5.23. The van der Waals surface area contributed by atoms with Gasteiger partial charge >= 0.3 is 0 Å². The maximum absolute atomic E-state index is 5.57. The molecule has 3 heteroatoms. The molecule has 66 valence electrons. The SMILES string of the molecule is NCc1cc2c(o1)CCNCC2. The van der Waals surface area contributed by atoms with E-state index in [9.17, 15) is 0 Å². The standard InChI is InChI=1S/C9H14N2O/c10-6-8-5-7-1-3-11-4-2-9(7)12-8/h5,11H,1-4,6,10H2. The van der Waals surface area contributed by atoms with Gasteiger partial charge in [-0.25, -0.2) is 0 Å². The number of fused-ring (bicyclic) bond motifs is 1. The van der Waals surface area contributed by atoms with Crippen LogP contribution in [-0.2, 0) is 19.4 Å². The summed E-state index contributed by atoms with van der Waals surface area (Å²) >= 11 is 0. The van der Waals surface area contributed by atoms with Crippen molar-refractivity contribution in [1.29, 1.82) is 0 Å². The Morgan fingerprint density at radius 3 is 3.08 bits per heavy atom. The van der Waals surface area contributed by atoms with E-state index in [0.29, 0.717) is 6.54 Å². The Morgan fingerprint density at radius 1 is 1.42 bits per heavy atom. The molecule has 0 atom stereocenters. The van der Waals surface area contributed by atoms with E-state index in [1.807, 2.05) is 0 Å². The third-order valence-corrected chi connectivity index (χ3v) is 2.25. The Morgan fingerprint density at radius 2 is 2.25 bits per heavy atom. The molecule has 0 aliphatic carbocycles. The van der Waals surface area contributed by atoms with Gasteiger partial charge in [0.05, 0.1) is 6.54 Å². The first-order chi connectivity index (χ1) is 5.90. The zero-order valence-corrected chi connectivity index (χ0v) is 7.10. The van der Waals surface area contributed by atoms with Crippen LogP contribution in [0.4, 0.5) is 0 Å². The highest BCUT2D eigenvalue weighted by Gasteiger charge is 2.12. The molecule has 0 aromatic carbocycles. The summed E-state index contributed by atoms with van der Waals surface area (Å²) in [7, 11) is 0. The van der Waals surface area contributed by atoms with Gasteiger partial charge in [0.25, 0.3) is 0 Å². The van der Waals surface area contributed by atoms with E-state index in [1.165, 1.54) is 5.56 Å². The zero-order valence-electron chi connectivity index (χ0n) is 7.10. The highest BCUT2D eigenvalue weighted by atomic mass is 16.3. The molecule has 0 saturated carbocycles. The quantitative estimate of drug-likeness (QED) is 0.636. The van der Waals surface area contributed by atoms with Crippen molar-refractivity contribution in [2.24, 2.45) is 5.73 Å². The third kappa shape index (κ3) is 1.38. The minimum absolute atomic E-state index is 0.514. The number of hydrogen-bond donors (Lipinski definition) is 2. The van der Waals surface area contributed by atoms with Crippen molar-refractivity contribution < 1.29 is 4.42 Å². The predicted octanol–water partition coefficient (Wildman–Crippen LogP) is 0.426. The Bertz CT molecular complexity index is 244. The molecule has 0 bridgehead atoms. The molecular formula is C9H14N2O. The minimum Gasteiger partial charge on any atom is -0.464 e. The van der Waals surface area contributed by atoms with Gasteiger partial charge in [-0.2, -0.15) is 0 Å². The molecule has 1 aliphatic rings. The number of nitrogens with two attached hydrogens (primary N) is 1. The Labute approximate surface area is 71.9 Å². The van der Waals surface area contributed by atoms with E-state index in [4.69, 9.17) is 10.2 Å². The van der Waals surface area contributed by atoms with Crippen LogP contribution in [0.25, 0.3) is 0 Å². The van der Waals surface area contributed by atoms with Crippen molar-refractivity contribution in [1.82, 2.24) is 5.32 Å². The van der Waals surface area contributed by atoms with E-state index in [-0.39, 0.29) is 0 Å². The second kappa shape index (κ2) is 3.29. The fourth-order valence-corrected chi connectivity index (χ4v) is 1.60. The molecule has 0 saturated heterocycles. The number of rotatable bonds is 1. The van der Waals surface area contributed by atoms with Gasteiger partial charge in [-0.1, -0.05) is 0 Å². The van der Waals surface area contributed by atoms with Crippen LogP contribution in [0.2, 0.25) is 0 Å². The summed E-state index contributed by atoms with van der Waals surface area (Å²) in [4.78, 5) is 0. The summed E-state index contributed by atoms with van der Waals surface area (Å²) in [6.07, 6.45) is 2.06. The normalized spacial score (nSPS) is 17.1. The molecule has 1 aliphatic heterocycles. The van der Waals surface area contributed by atoms with Crippen LogP contribution >= 0.6 is 0 Å². The molecule has 0 radical (unpaired) electrons. The molecule has 2 heterocycles. The number of nitrogens with one attached hydrogen (secondary N) is 1. The first kappa shape index (κ1) is 7.83. The van der Waals surface area contributed by atoms with E-state index in [1.54, 1.807) is 0 Å². The first-order valence-corrected chi connectivity index (χ1v) is 4.41. The zero-order chi connectivity index (χ0) is 8.39. The van der Waals surface area contributed by atoms with Gasteiger partial charge in [0.1, 0.15) is 11.5 Å². The molecule has 0 unspecified atom stereocenters. The summed E-state index contributed by atoms with van der Waals surface area (Å²) in [5, 5.41) is 3.33. The molecule has 0 amide bonds. The van der Waals surface area contributed by atoms with Crippen LogP contribution in [0, 0.1) is 0 Å². The second-order valence-electron chi connectivity index (χ2n) is 3.12. The van der Waals surface area contributed by atoms with Crippen molar-refractivity contribution in [3.8, 4) is 0 Å². The van der Waals surface area contributed by atoms with Gasteiger partial charge in [-0.05, 0) is 24.6 Å². The minimum atomic E-state index is 0.514. The van der Waals surface area contributed by atoms with Crippen molar-refractivity contribution in [3.63, 3.8) is 0 Å². The van der Waals surface area contributed by atoms with E-state index in [0.717, 1.165) is 37.5 Å². The van der Waals surface area contributed by atoms with Crippen LogP contribution in [0.1, 0.15) is 17.1 Å². The molecule has 0 fully saturated rings. The monoisotopic (exact) mass is 166 g/mol. The van der Waals surface area contributed by atoms with Crippen LogP contribution in [0.5, 0.6) is 0 Å². The molecule has 12 heavy (non-hydrogen) atoms. The molecule has 3 nitrogen and oxygen atoms in total. The lowest BCUT2D eigenvalue weighted by Gasteiger charge is -1.94. The van der Waals surface area contributed by atoms with Crippen molar-refractivity contribution in [2.75, 3.05) is 13.1 Å². The summed E-state index contributed by atoms with van der Waals surface area (Å²) in [5.41, 5.74) is 6.83. The summed E-state index contributed by atoms with van der Waals surface area (Å²) in [6, 6.07) is 2.09. The molecule has 3 N–H and O–H groups in total. The van der Waals surface area contributed by atoms with Crippen LogP contribution in [0.15, 0.2) is 10.5 Å². The molecule has 0 spiro atoms. The first-order valence-electron chi connectivity index (χ1n) is 4.41. The predicted molar refractivity (Wildman–Crippen MR) is 46.9 cm³/mol. The van der Waals surface area contributed by atoms with Crippen LogP contribution in [0.3, 0.4) is 0 Å². The Balaban J connectivity index is 2.26. The fourth-order valence-electron chi connectivity index (χ4n) is 1.60. The summed E-state index contributed by atoms with van der Waals surface area (Å²) < 4.78 is 5.57. The van der Waals surface area contributed by atoms with Gasteiger partial charge in [-0.3, -0.25) is 0 Å². The van der Waals surface area contributed by atoms with E-state index in [2.05, 4.69) is 11.4 Å². The number of hydrogen-bond acceptors (Lipinski definition) is 3. The molecule has 1 aromatic heterocycles. The van der Waals surface area contributed by atoms with Crippen molar-refractivity contribution in [3.05, 3.63) is 23.2 Å². The Kier molecular flexibility index (Phi) is 2.15. The van der Waals surface area contributed by atoms with Gasteiger partial charge in [0.2, 0.25) is 0 Å². The average Bonchev–Trinajstić information content (AvgIpc) is 2.37. The third-order valence-electron chi connectivity index (χ3n) is 2.25. The van der Waals surface area contributed by atoms with Crippen LogP contribution < -0.4 is 11.1 Å². The molecule has 2 rings (SSSR count).